The fourth-order valence-electron chi connectivity index (χ4n) is 1.79. The van der Waals surface area contributed by atoms with Crippen molar-refractivity contribution in [2.24, 2.45) is 0 Å². The molecule has 3 nitrogen and oxygen atoms in total. The van der Waals surface area contributed by atoms with E-state index in [0.29, 0.717) is 19.7 Å². The molecule has 2 N–H and O–H groups in total. The van der Waals surface area contributed by atoms with Crippen molar-refractivity contribution in [1.29, 1.82) is 0 Å². The standard InChI is InChI=1S/C16H19NO2/c18-16(14-7-3-1-4-8-14)13-17-11-12-19-15-9-5-2-6-10-15/h1-10,16-18H,11-13H2/t16-/m0/s1. The molecule has 0 heterocycles. The van der Waals surface area contributed by atoms with Gasteiger partial charge in [-0.1, -0.05) is 48.5 Å². The molecule has 0 fully saturated rings. The molecular formula is C16H19NO2. The summed E-state index contributed by atoms with van der Waals surface area (Å²) in [5.74, 6) is 0.868. The summed E-state index contributed by atoms with van der Waals surface area (Å²) in [4.78, 5) is 0. The van der Waals surface area contributed by atoms with Crippen LogP contribution >= 0.6 is 0 Å². The van der Waals surface area contributed by atoms with Gasteiger partial charge in [0.25, 0.3) is 0 Å². The molecule has 0 aromatic heterocycles. The lowest BCUT2D eigenvalue weighted by atomic mass is 10.1. The van der Waals surface area contributed by atoms with Gasteiger partial charge in [-0.15, -0.1) is 0 Å². The minimum absolute atomic E-state index is 0.474. The zero-order valence-electron chi connectivity index (χ0n) is 10.8. The Morgan fingerprint density at radius 2 is 1.58 bits per heavy atom. The molecule has 0 aliphatic heterocycles. The maximum absolute atomic E-state index is 9.93. The van der Waals surface area contributed by atoms with Gasteiger partial charge in [-0.25, -0.2) is 0 Å². The van der Waals surface area contributed by atoms with Crippen LogP contribution in [0.15, 0.2) is 60.7 Å². The van der Waals surface area contributed by atoms with Gasteiger partial charge in [0, 0.05) is 13.1 Å². The Morgan fingerprint density at radius 3 is 2.26 bits per heavy atom. The number of ether oxygens (including phenoxy) is 1. The van der Waals surface area contributed by atoms with Crippen LogP contribution in [0.4, 0.5) is 0 Å². The normalized spacial score (nSPS) is 12.1. The molecule has 0 unspecified atom stereocenters. The molecule has 100 valence electrons. The van der Waals surface area contributed by atoms with Crippen molar-refractivity contribution in [2.45, 2.75) is 6.10 Å². The SMILES string of the molecule is O[C@@H](CNCCOc1ccccc1)c1ccccc1. The average molecular weight is 257 g/mol. The van der Waals surface area contributed by atoms with E-state index in [0.717, 1.165) is 11.3 Å². The van der Waals surface area contributed by atoms with Crippen LogP contribution in [0.5, 0.6) is 5.75 Å². The second kappa shape index (κ2) is 7.56. The lowest BCUT2D eigenvalue weighted by Gasteiger charge is -2.12. The largest absolute Gasteiger partial charge is 0.492 e. The van der Waals surface area contributed by atoms with Gasteiger partial charge in [0.1, 0.15) is 12.4 Å². The Kier molecular flexibility index (Phi) is 5.41. The molecule has 0 aliphatic carbocycles. The molecule has 0 radical (unpaired) electrons. The van der Waals surface area contributed by atoms with E-state index in [-0.39, 0.29) is 0 Å². The molecule has 2 rings (SSSR count). The van der Waals surface area contributed by atoms with E-state index in [2.05, 4.69) is 5.32 Å². The highest BCUT2D eigenvalue weighted by atomic mass is 16.5. The number of rotatable bonds is 7. The van der Waals surface area contributed by atoms with Crippen molar-refractivity contribution in [3.63, 3.8) is 0 Å². The number of para-hydroxylation sites is 1. The summed E-state index contributed by atoms with van der Waals surface area (Å²) in [7, 11) is 0. The van der Waals surface area contributed by atoms with Crippen LogP contribution in [0.1, 0.15) is 11.7 Å². The molecule has 1 atom stereocenters. The van der Waals surface area contributed by atoms with Crippen LogP contribution in [0.25, 0.3) is 0 Å². The van der Waals surface area contributed by atoms with Gasteiger partial charge >= 0.3 is 0 Å². The van der Waals surface area contributed by atoms with Gasteiger partial charge in [0.15, 0.2) is 0 Å². The van der Waals surface area contributed by atoms with Crippen LogP contribution < -0.4 is 10.1 Å². The topological polar surface area (TPSA) is 41.5 Å². The predicted octanol–water partition coefficient (Wildman–Crippen LogP) is 2.39. The highest BCUT2D eigenvalue weighted by Gasteiger charge is 2.05. The van der Waals surface area contributed by atoms with Crippen LogP contribution in [0, 0.1) is 0 Å². The number of hydrogen-bond donors (Lipinski definition) is 2. The van der Waals surface area contributed by atoms with E-state index in [9.17, 15) is 5.11 Å². The van der Waals surface area contributed by atoms with Gasteiger partial charge in [-0.2, -0.15) is 0 Å². The van der Waals surface area contributed by atoms with Crippen LogP contribution in [0.2, 0.25) is 0 Å². The summed E-state index contributed by atoms with van der Waals surface area (Å²) >= 11 is 0. The Bertz CT molecular complexity index is 459. The van der Waals surface area contributed by atoms with E-state index in [4.69, 9.17) is 4.74 Å². The zero-order chi connectivity index (χ0) is 13.3. The second-order valence-corrected chi connectivity index (χ2v) is 4.29. The van der Waals surface area contributed by atoms with Crippen molar-refractivity contribution >= 4 is 0 Å². The first kappa shape index (κ1) is 13.6. The number of hydrogen-bond acceptors (Lipinski definition) is 3. The summed E-state index contributed by atoms with van der Waals surface area (Å²) in [6, 6.07) is 19.4. The first-order valence-electron chi connectivity index (χ1n) is 6.48. The molecular weight excluding hydrogens is 238 g/mol. The fraction of sp³-hybridized carbons (Fsp3) is 0.250. The van der Waals surface area contributed by atoms with Gasteiger partial charge < -0.3 is 15.2 Å². The summed E-state index contributed by atoms with van der Waals surface area (Å²) in [5, 5.41) is 13.1. The van der Waals surface area contributed by atoms with Crippen molar-refractivity contribution in [3.8, 4) is 5.75 Å². The second-order valence-electron chi connectivity index (χ2n) is 4.29. The molecule has 2 aromatic carbocycles. The molecule has 19 heavy (non-hydrogen) atoms. The molecule has 2 aromatic rings. The Balaban J connectivity index is 1.62. The lowest BCUT2D eigenvalue weighted by Crippen LogP contribution is -2.26. The Hall–Kier alpha value is -1.84. The van der Waals surface area contributed by atoms with Gasteiger partial charge in [0.2, 0.25) is 0 Å². The summed E-state index contributed by atoms with van der Waals surface area (Å²) in [6.45, 7) is 1.83. The van der Waals surface area contributed by atoms with Crippen LogP contribution in [-0.2, 0) is 0 Å². The first-order chi connectivity index (χ1) is 9.36. The number of aliphatic hydroxyl groups excluding tert-OH is 1. The van der Waals surface area contributed by atoms with E-state index in [1.807, 2.05) is 60.7 Å². The highest BCUT2D eigenvalue weighted by molar-refractivity contribution is 5.20. The van der Waals surface area contributed by atoms with Crippen molar-refractivity contribution in [3.05, 3.63) is 66.2 Å². The van der Waals surface area contributed by atoms with Crippen molar-refractivity contribution < 1.29 is 9.84 Å². The van der Waals surface area contributed by atoms with E-state index in [1.165, 1.54) is 0 Å². The monoisotopic (exact) mass is 257 g/mol. The van der Waals surface area contributed by atoms with Gasteiger partial charge in [-0.05, 0) is 17.7 Å². The van der Waals surface area contributed by atoms with Crippen molar-refractivity contribution in [1.82, 2.24) is 5.32 Å². The van der Waals surface area contributed by atoms with Crippen molar-refractivity contribution in [2.75, 3.05) is 19.7 Å². The molecule has 0 spiro atoms. The van der Waals surface area contributed by atoms with Crippen LogP contribution in [0.3, 0.4) is 0 Å². The molecule has 0 saturated heterocycles. The summed E-state index contributed by atoms with van der Waals surface area (Å²) in [5.41, 5.74) is 0.930. The molecule has 0 bridgehead atoms. The predicted molar refractivity (Wildman–Crippen MR) is 76.2 cm³/mol. The highest BCUT2D eigenvalue weighted by Crippen LogP contribution is 2.10. The van der Waals surface area contributed by atoms with E-state index >= 15 is 0 Å². The quantitative estimate of drug-likeness (QED) is 0.748. The number of aliphatic hydroxyl groups is 1. The van der Waals surface area contributed by atoms with E-state index < -0.39 is 6.10 Å². The Morgan fingerprint density at radius 1 is 0.947 bits per heavy atom. The smallest absolute Gasteiger partial charge is 0.119 e. The van der Waals surface area contributed by atoms with Crippen LogP contribution in [-0.4, -0.2) is 24.8 Å². The molecule has 0 aliphatic rings. The molecule has 0 saturated carbocycles. The Labute approximate surface area is 113 Å². The molecule has 3 heteroatoms. The first-order valence-corrected chi connectivity index (χ1v) is 6.48. The van der Waals surface area contributed by atoms with Gasteiger partial charge in [0.05, 0.1) is 6.10 Å². The maximum Gasteiger partial charge on any atom is 0.119 e. The third-order valence-electron chi connectivity index (χ3n) is 2.81. The van der Waals surface area contributed by atoms with Gasteiger partial charge in [-0.3, -0.25) is 0 Å². The maximum atomic E-state index is 9.93. The zero-order valence-corrected chi connectivity index (χ0v) is 10.8. The summed E-state index contributed by atoms with van der Waals surface area (Å²) < 4.78 is 5.55. The molecule has 0 amide bonds. The minimum atomic E-state index is -0.474. The van der Waals surface area contributed by atoms with E-state index in [1.54, 1.807) is 0 Å². The fourth-order valence-corrected chi connectivity index (χ4v) is 1.79. The number of benzene rings is 2. The third kappa shape index (κ3) is 4.73. The summed E-state index contributed by atoms with van der Waals surface area (Å²) in [6.07, 6.45) is -0.474. The lowest BCUT2D eigenvalue weighted by molar-refractivity contribution is 0.172. The average Bonchev–Trinajstić information content (AvgIpc) is 2.49. The minimum Gasteiger partial charge on any atom is -0.492 e. The third-order valence-corrected chi connectivity index (χ3v) is 2.81. The number of nitrogens with one attached hydrogen (secondary N) is 1.